The van der Waals surface area contributed by atoms with E-state index in [1.807, 2.05) is 15.5 Å². The van der Waals surface area contributed by atoms with Crippen LogP contribution in [-0.2, 0) is 13.1 Å². The van der Waals surface area contributed by atoms with E-state index in [9.17, 15) is 14.4 Å². The molecule has 0 saturated carbocycles. The quantitative estimate of drug-likeness (QED) is 0.853. The number of carbonyl (C=O) groups excluding carboxylic acids is 1. The van der Waals surface area contributed by atoms with Crippen LogP contribution < -0.4 is 11.1 Å². The van der Waals surface area contributed by atoms with Crippen LogP contribution in [0, 0.1) is 5.92 Å². The molecule has 3 aliphatic heterocycles. The Bertz CT molecular complexity index is 1030. The first-order valence-corrected chi connectivity index (χ1v) is 10.5. The van der Waals surface area contributed by atoms with Gasteiger partial charge in [0.05, 0.1) is 5.56 Å². The number of amides is 1. The fraction of sp³-hybridized carbons (Fsp3) is 0.500. The highest BCUT2D eigenvalue weighted by atomic mass is 16.2. The number of carbonyl (C=O) groups is 1. The Morgan fingerprint density at radius 3 is 2.62 bits per heavy atom. The van der Waals surface area contributed by atoms with Crippen molar-refractivity contribution in [3.05, 3.63) is 68.0 Å². The Hall–Kier alpha value is -2.67. The van der Waals surface area contributed by atoms with Gasteiger partial charge in [-0.1, -0.05) is 6.07 Å². The van der Waals surface area contributed by atoms with Crippen LogP contribution in [0.25, 0.3) is 0 Å². The second-order valence-electron chi connectivity index (χ2n) is 8.63. The highest BCUT2D eigenvalue weighted by Crippen LogP contribution is 2.35. The van der Waals surface area contributed by atoms with Crippen molar-refractivity contribution in [3.8, 4) is 0 Å². The van der Waals surface area contributed by atoms with Gasteiger partial charge in [-0.15, -0.1) is 0 Å². The third-order valence-electron chi connectivity index (χ3n) is 6.59. The first-order chi connectivity index (χ1) is 14.1. The van der Waals surface area contributed by atoms with E-state index in [1.165, 1.54) is 25.1 Å². The molecule has 152 valence electrons. The molecule has 1 N–H and O–H groups in total. The molecular weight excluding hydrogens is 368 g/mol. The zero-order valence-corrected chi connectivity index (χ0v) is 16.5. The largest absolute Gasteiger partial charge is 0.338 e. The lowest BCUT2D eigenvalue weighted by Crippen LogP contribution is -2.49. The van der Waals surface area contributed by atoms with Crippen molar-refractivity contribution in [1.29, 1.82) is 0 Å². The Labute approximate surface area is 169 Å². The molecule has 2 bridgehead atoms. The average Bonchev–Trinajstić information content (AvgIpc) is 3.23. The summed E-state index contributed by atoms with van der Waals surface area (Å²) in [6.07, 6.45) is 4.93. The zero-order chi connectivity index (χ0) is 20.0. The van der Waals surface area contributed by atoms with E-state index < -0.39 is 0 Å². The molecular formula is C22H26N4O3. The highest BCUT2D eigenvalue weighted by molar-refractivity contribution is 5.94. The number of piperidine rings is 1. The van der Waals surface area contributed by atoms with Gasteiger partial charge >= 0.3 is 0 Å². The molecule has 7 nitrogen and oxygen atoms in total. The number of hydrogen-bond acceptors (Lipinski definition) is 4. The molecule has 0 spiro atoms. The number of hydrogen-bond donors (Lipinski definition) is 1. The number of aromatic amines is 1. The predicted molar refractivity (Wildman–Crippen MR) is 109 cm³/mol. The molecule has 5 rings (SSSR count). The summed E-state index contributed by atoms with van der Waals surface area (Å²) < 4.78 is 1.96. The maximum Gasteiger partial charge on any atom is 0.255 e. The normalized spacial score (nSPS) is 23.8. The third-order valence-corrected chi connectivity index (χ3v) is 6.59. The van der Waals surface area contributed by atoms with Crippen molar-refractivity contribution in [3.63, 3.8) is 0 Å². The van der Waals surface area contributed by atoms with Crippen molar-refractivity contribution in [2.45, 2.75) is 38.3 Å². The van der Waals surface area contributed by atoms with Crippen molar-refractivity contribution in [2.24, 2.45) is 5.92 Å². The molecule has 5 heterocycles. The molecule has 7 heteroatoms. The fourth-order valence-corrected chi connectivity index (χ4v) is 5.19. The molecule has 2 aromatic heterocycles. The number of H-pyrrole nitrogens is 1. The second kappa shape index (κ2) is 7.30. The first-order valence-electron chi connectivity index (χ1n) is 10.5. The molecule has 2 fully saturated rings. The number of rotatable bonds is 3. The van der Waals surface area contributed by atoms with Crippen LogP contribution in [0.3, 0.4) is 0 Å². The Kier molecular flexibility index (Phi) is 4.62. The van der Waals surface area contributed by atoms with Crippen LogP contribution >= 0.6 is 0 Å². The smallest absolute Gasteiger partial charge is 0.255 e. The van der Waals surface area contributed by atoms with Crippen molar-refractivity contribution in [2.75, 3.05) is 26.2 Å². The summed E-state index contributed by atoms with van der Waals surface area (Å²) in [6.45, 7) is 4.83. The number of nitrogens with zero attached hydrogens (tertiary/aromatic N) is 3. The number of aromatic nitrogens is 2. The lowest BCUT2D eigenvalue weighted by Gasteiger charge is -2.43. The molecule has 2 aromatic rings. The van der Waals surface area contributed by atoms with Gasteiger partial charge in [0.1, 0.15) is 0 Å². The summed E-state index contributed by atoms with van der Waals surface area (Å²) in [4.78, 5) is 44.1. The maximum absolute atomic E-state index is 13.1. The van der Waals surface area contributed by atoms with Gasteiger partial charge in [-0.05, 0) is 50.4 Å². The minimum Gasteiger partial charge on any atom is -0.338 e. The van der Waals surface area contributed by atoms with Crippen LogP contribution in [-0.4, -0.2) is 51.4 Å². The average molecular weight is 394 g/mol. The maximum atomic E-state index is 13.1. The Balaban J connectivity index is 1.38. The summed E-state index contributed by atoms with van der Waals surface area (Å²) in [5.41, 5.74) is 2.37. The zero-order valence-electron chi connectivity index (χ0n) is 16.5. The number of fused-ring (bicyclic) bond motifs is 4. The summed E-state index contributed by atoms with van der Waals surface area (Å²) in [5, 5.41) is 0. The molecule has 3 aliphatic rings. The third kappa shape index (κ3) is 3.44. The molecule has 0 radical (unpaired) electrons. The van der Waals surface area contributed by atoms with Crippen LogP contribution in [0.15, 0.2) is 40.1 Å². The van der Waals surface area contributed by atoms with E-state index in [0.29, 0.717) is 25.2 Å². The number of nitrogens with one attached hydrogen (secondary N) is 1. The van der Waals surface area contributed by atoms with Gasteiger partial charge in [0.2, 0.25) is 5.56 Å². The van der Waals surface area contributed by atoms with Crippen molar-refractivity contribution in [1.82, 2.24) is 19.4 Å². The summed E-state index contributed by atoms with van der Waals surface area (Å²) in [6, 6.07) is 7.06. The molecule has 0 unspecified atom stereocenters. The number of likely N-dealkylation sites (tertiary alicyclic amines) is 2. The van der Waals surface area contributed by atoms with E-state index in [-0.39, 0.29) is 28.9 Å². The van der Waals surface area contributed by atoms with Crippen LogP contribution in [0.2, 0.25) is 0 Å². The minimum atomic E-state index is -0.213. The van der Waals surface area contributed by atoms with Crippen LogP contribution in [0.4, 0.5) is 0 Å². The molecule has 0 aliphatic carbocycles. The Morgan fingerprint density at radius 1 is 1.03 bits per heavy atom. The molecule has 0 aromatic carbocycles. The van der Waals surface area contributed by atoms with Gasteiger partial charge in [-0.2, -0.15) is 0 Å². The van der Waals surface area contributed by atoms with Crippen molar-refractivity contribution < 1.29 is 4.79 Å². The van der Waals surface area contributed by atoms with Gasteiger partial charge in [0, 0.05) is 55.6 Å². The molecule has 1 amide bonds. The first kappa shape index (κ1) is 18.4. The summed E-state index contributed by atoms with van der Waals surface area (Å²) in [7, 11) is 0. The molecule has 29 heavy (non-hydrogen) atoms. The van der Waals surface area contributed by atoms with Gasteiger partial charge in [0.15, 0.2) is 0 Å². The monoisotopic (exact) mass is 394 g/mol. The van der Waals surface area contributed by atoms with E-state index in [2.05, 4.69) is 16.0 Å². The summed E-state index contributed by atoms with van der Waals surface area (Å²) >= 11 is 0. The SMILES string of the molecule is O=C(c1ccc(=O)[nH]c1)N1C[C@@H]2C[C@H](C1)c1ccc(CN3CCCC3)c(=O)n1C2. The van der Waals surface area contributed by atoms with Gasteiger partial charge < -0.3 is 14.5 Å². The second-order valence-corrected chi connectivity index (χ2v) is 8.63. The topological polar surface area (TPSA) is 78.4 Å². The number of pyridine rings is 2. The van der Waals surface area contributed by atoms with Crippen molar-refractivity contribution >= 4 is 5.91 Å². The fourth-order valence-electron chi connectivity index (χ4n) is 5.19. The highest BCUT2D eigenvalue weighted by Gasteiger charge is 2.37. The van der Waals surface area contributed by atoms with E-state index in [4.69, 9.17) is 0 Å². The lowest BCUT2D eigenvalue weighted by molar-refractivity contribution is 0.0593. The van der Waals surface area contributed by atoms with E-state index >= 15 is 0 Å². The van der Waals surface area contributed by atoms with Crippen LogP contribution in [0.5, 0.6) is 0 Å². The van der Waals surface area contributed by atoms with Crippen LogP contribution in [0.1, 0.15) is 46.8 Å². The van der Waals surface area contributed by atoms with E-state index in [1.54, 1.807) is 6.07 Å². The lowest BCUT2D eigenvalue weighted by atomic mass is 9.82. The van der Waals surface area contributed by atoms with Gasteiger partial charge in [-0.3, -0.25) is 19.3 Å². The Morgan fingerprint density at radius 2 is 1.86 bits per heavy atom. The van der Waals surface area contributed by atoms with E-state index in [0.717, 1.165) is 37.3 Å². The van der Waals surface area contributed by atoms with Gasteiger partial charge in [0.25, 0.3) is 11.5 Å². The van der Waals surface area contributed by atoms with Gasteiger partial charge in [-0.25, -0.2) is 0 Å². The predicted octanol–water partition coefficient (Wildman–Crippen LogP) is 1.39. The standard InChI is InChI=1S/C22H26N4O3/c27-20-6-4-16(10-23-20)21(28)25-11-15-9-18(14-25)19-5-3-17(22(29)26(19)12-15)13-24-7-1-2-8-24/h3-6,10,15,18H,1-2,7-9,11-14H2,(H,23,27)/t15-,18+/m0/s1. The minimum absolute atomic E-state index is 0.0580. The summed E-state index contributed by atoms with van der Waals surface area (Å²) in [5.74, 6) is 0.410. The molecule has 2 saturated heterocycles. The molecule has 2 atom stereocenters.